The third-order valence-corrected chi connectivity index (χ3v) is 4.43. The lowest BCUT2D eigenvalue weighted by Gasteiger charge is -2.20. The maximum atomic E-state index is 13.2. The first kappa shape index (κ1) is 18.9. The van der Waals surface area contributed by atoms with Crippen LogP contribution in [0.2, 0.25) is 0 Å². The van der Waals surface area contributed by atoms with Crippen molar-refractivity contribution in [2.75, 3.05) is 4.72 Å². The van der Waals surface area contributed by atoms with Crippen LogP contribution in [0.3, 0.4) is 0 Å². The molecule has 25 heavy (non-hydrogen) atoms. The van der Waals surface area contributed by atoms with Gasteiger partial charge in [-0.1, -0.05) is 0 Å². The van der Waals surface area contributed by atoms with E-state index in [0.717, 1.165) is 12.1 Å². The molecular formula is C17H18F2N2O3S. The van der Waals surface area contributed by atoms with Crippen molar-refractivity contribution < 1.29 is 22.0 Å². The molecule has 134 valence electrons. The van der Waals surface area contributed by atoms with Crippen molar-refractivity contribution in [1.29, 1.82) is 0 Å². The van der Waals surface area contributed by atoms with Crippen molar-refractivity contribution >= 4 is 21.6 Å². The quantitative estimate of drug-likeness (QED) is 0.870. The van der Waals surface area contributed by atoms with Gasteiger partial charge in [0.2, 0.25) is 0 Å². The van der Waals surface area contributed by atoms with E-state index in [4.69, 9.17) is 0 Å². The number of nitrogens with one attached hydrogen (secondary N) is 2. The molecule has 0 aromatic heterocycles. The second-order valence-electron chi connectivity index (χ2n) is 6.49. The van der Waals surface area contributed by atoms with Gasteiger partial charge in [-0.2, -0.15) is 0 Å². The number of benzene rings is 2. The summed E-state index contributed by atoms with van der Waals surface area (Å²) in [5, 5.41) is 2.76. The molecule has 8 heteroatoms. The number of amides is 1. The summed E-state index contributed by atoms with van der Waals surface area (Å²) in [6.07, 6.45) is 0. The molecule has 1 amide bonds. The molecule has 0 spiro atoms. The van der Waals surface area contributed by atoms with Crippen molar-refractivity contribution in [2.24, 2.45) is 0 Å². The maximum absolute atomic E-state index is 13.2. The fourth-order valence-corrected chi connectivity index (χ4v) is 3.07. The number of carbonyl (C=O) groups excluding carboxylic acids is 1. The SMILES string of the molecule is CC(C)(C)NC(=O)c1ccc(S(=O)(=O)Nc2cc(F)cc(F)c2)cc1. The zero-order valence-electron chi connectivity index (χ0n) is 13.9. The normalized spacial score (nSPS) is 11.9. The van der Waals surface area contributed by atoms with Crippen LogP contribution in [-0.4, -0.2) is 19.9 Å². The molecule has 0 aliphatic rings. The first-order valence-corrected chi connectivity index (χ1v) is 8.86. The number of halogens is 2. The van der Waals surface area contributed by atoms with Crippen LogP contribution in [0.5, 0.6) is 0 Å². The molecule has 0 aliphatic heterocycles. The zero-order valence-corrected chi connectivity index (χ0v) is 14.7. The second-order valence-corrected chi connectivity index (χ2v) is 8.17. The lowest BCUT2D eigenvalue weighted by atomic mass is 10.1. The molecule has 0 fully saturated rings. The zero-order chi connectivity index (χ0) is 18.8. The van der Waals surface area contributed by atoms with Gasteiger partial charge < -0.3 is 5.32 Å². The van der Waals surface area contributed by atoms with E-state index in [2.05, 4.69) is 10.0 Å². The number of carbonyl (C=O) groups is 1. The lowest BCUT2D eigenvalue weighted by molar-refractivity contribution is 0.0919. The summed E-state index contributed by atoms with van der Waals surface area (Å²) in [6, 6.07) is 7.59. The summed E-state index contributed by atoms with van der Waals surface area (Å²) in [7, 11) is -4.04. The van der Waals surface area contributed by atoms with E-state index in [9.17, 15) is 22.0 Å². The Hall–Kier alpha value is -2.48. The first-order valence-electron chi connectivity index (χ1n) is 7.38. The molecule has 0 atom stereocenters. The fraction of sp³-hybridized carbons (Fsp3) is 0.235. The van der Waals surface area contributed by atoms with Gasteiger partial charge in [0.15, 0.2) is 0 Å². The monoisotopic (exact) mass is 368 g/mol. The van der Waals surface area contributed by atoms with Crippen LogP contribution < -0.4 is 10.0 Å². The average molecular weight is 368 g/mol. The molecule has 2 aromatic carbocycles. The molecule has 5 nitrogen and oxygen atoms in total. The van der Waals surface area contributed by atoms with Gasteiger partial charge in [0.05, 0.1) is 10.6 Å². The molecule has 0 saturated carbocycles. The summed E-state index contributed by atoms with van der Waals surface area (Å²) < 4.78 is 53.0. The summed E-state index contributed by atoms with van der Waals surface area (Å²) in [5.74, 6) is -2.13. The molecule has 0 unspecified atom stereocenters. The Bertz CT molecular complexity index is 869. The Balaban J connectivity index is 2.21. The average Bonchev–Trinajstić information content (AvgIpc) is 2.44. The van der Waals surface area contributed by atoms with E-state index >= 15 is 0 Å². The van der Waals surface area contributed by atoms with Crippen LogP contribution in [0.25, 0.3) is 0 Å². The molecular weight excluding hydrogens is 350 g/mol. The number of anilines is 1. The summed E-state index contributed by atoms with van der Waals surface area (Å²) in [6.45, 7) is 5.48. The van der Waals surface area contributed by atoms with Crippen LogP contribution in [-0.2, 0) is 10.0 Å². The Morgan fingerprint density at radius 3 is 1.96 bits per heavy atom. The number of hydrogen-bond donors (Lipinski definition) is 2. The van der Waals surface area contributed by atoms with Gasteiger partial charge >= 0.3 is 0 Å². The minimum Gasteiger partial charge on any atom is -0.347 e. The van der Waals surface area contributed by atoms with Gasteiger partial charge in [-0.05, 0) is 57.2 Å². The van der Waals surface area contributed by atoms with Crippen molar-refractivity contribution in [3.05, 3.63) is 59.7 Å². The van der Waals surface area contributed by atoms with Crippen LogP contribution in [0.1, 0.15) is 31.1 Å². The molecule has 0 saturated heterocycles. The van der Waals surface area contributed by atoms with E-state index in [1.807, 2.05) is 20.8 Å². The van der Waals surface area contributed by atoms with Gasteiger partial charge in [0.1, 0.15) is 11.6 Å². The largest absolute Gasteiger partial charge is 0.347 e. The van der Waals surface area contributed by atoms with Crippen LogP contribution in [0.4, 0.5) is 14.5 Å². The highest BCUT2D eigenvalue weighted by Gasteiger charge is 2.18. The molecule has 2 rings (SSSR count). The fourth-order valence-electron chi connectivity index (χ4n) is 2.03. The highest BCUT2D eigenvalue weighted by molar-refractivity contribution is 7.92. The Kier molecular flexibility index (Phi) is 5.12. The topological polar surface area (TPSA) is 75.3 Å². The Morgan fingerprint density at radius 1 is 0.960 bits per heavy atom. The van der Waals surface area contributed by atoms with Crippen molar-refractivity contribution in [1.82, 2.24) is 5.32 Å². The summed E-state index contributed by atoms with van der Waals surface area (Å²) in [4.78, 5) is 11.9. The standard InChI is InChI=1S/C17H18F2N2O3S/c1-17(2,3)20-16(22)11-4-6-15(7-5-11)25(23,24)21-14-9-12(18)8-13(19)10-14/h4-10,21H,1-3H3,(H,20,22). The highest BCUT2D eigenvalue weighted by atomic mass is 32.2. The Morgan fingerprint density at radius 2 is 1.48 bits per heavy atom. The highest BCUT2D eigenvalue weighted by Crippen LogP contribution is 2.19. The molecule has 2 aromatic rings. The molecule has 0 radical (unpaired) electrons. The van der Waals surface area contributed by atoms with Gasteiger partial charge in [-0.15, -0.1) is 0 Å². The predicted molar refractivity (Wildman–Crippen MR) is 90.8 cm³/mol. The predicted octanol–water partition coefficient (Wildman–Crippen LogP) is 3.29. The van der Waals surface area contributed by atoms with E-state index in [-0.39, 0.29) is 16.5 Å². The van der Waals surface area contributed by atoms with Crippen molar-refractivity contribution in [3.8, 4) is 0 Å². The van der Waals surface area contributed by atoms with Crippen LogP contribution in [0, 0.1) is 11.6 Å². The summed E-state index contributed by atoms with van der Waals surface area (Å²) >= 11 is 0. The molecule has 0 heterocycles. The maximum Gasteiger partial charge on any atom is 0.261 e. The molecule has 0 bridgehead atoms. The lowest BCUT2D eigenvalue weighted by Crippen LogP contribution is -2.40. The first-order chi connectivity index (χ1) is 11.5. The minimum absolute atomic E-state index is 0.135. The van der Waals surface area contributed by atoms with Crippen molar-refractivity contribution in [2.45, 2.75) is 31.2 Å². The smallest absolute Gasteiger partial charge is 0.261 e. The van der Waals surface area contributed by atoms with E-state index in [0.29, 0.717) is 11.6 Å². The van der Waals surface area contributed by atoms with E-state index in [1.54, 1.807) is 0 Å². The number of rotatable bonds is 4. The van der Waals surface area contributed by atoms with Gasteiger partial charge in [0, 0.05) is 17.2 Å². The van der Waals surface area contributed by atoms with Crippen molar-refractivity contribution in [3.63, 3.8) is 0 Å². The minimum atomic E-state index is -4.04. The number of sulfonamides is 1. The molecule has 0 aliphatic carbocycles. The van der Waals surface area contributed by atoms with E-state index in [1.165, 1.54) is 24.3 Å². The third kappa shape index (κ3) is 5.25. The van der Waals surface area contributed by atoms with Gasteiger partial charge in [0.25, 0.3) is 15.9 Å². The van der Waals surface area contributed by atoms with E-state index < -0.39 is 27.2 Å². The second kappa shape index (κ2) is 6.79. The number of hydrogen-bond acceptors (Lipinski definition) is 3. The molecule has 2 N–H and O–H groups in total. The summed E-state index contributed by atoms with van der Waals surface area (Å²) in [5.41, 5.74) is -0.358. The van der Waals surface area contributed by atoms with Gasteiger partial charge in [-0.3, -0.25) is 9.52 Å². The van der Waals surface area contributed by atoms with Gasteiger partial charge in [-0.25, -0.2) is 17.2 Å². The third-order valence-electron chi connectivity index (χ3n) is 3.03. The van der Waals surface area contributed by atoms with Crippen LogP contribution in [0.15, 0.2) is 47.4 Å². The van der Waals surface area contributed by atoms with Crippen LogP contribution >= 0.6 is 0 Å². The Labute approximate surface area is 145 Å².